The van der Waals surface area contributed by atoms with Gasteiger partial charge in [0.2, 0.25) is 0 Å². The van der Waals surface area contributed by atoms with Crippen LogP contribution >= 0.6 is 0 Å². The van der Waals surface area contributed by atoms with E-state index in [2.05, 4.69) is 13.8 Å². The van der Waals surface area contributed by atoms with Crippen LogP contribution in [0.15, 0.2) is 0 Å². The second kappa shape index (κ2) is 6.32. The summed E-state index contributed by atoms with van der Waals surface area (Å²) in [6, 6.07) is 0. The molecule has 0 spiro atoms. The lowest BCUT2D eigenvalue weighted by Gasteiger charge is -2.27. The molecule has 18 heavy (non-hydrogen) atoms. The Kier molecular flexibility index (Phi) is 5.58. The lowest BCUT2D eigenvalue weighted by Crippen LogP contribution is -2.43. The number of nitrogens with zero attached hydrogens (tertiary/aromatic N) is 2. The van der Waals surface area contributed by atoms with Gasteiger partial charge in [0.25, 0.3) is 10.2 Å². The Morgan fingerprint density at radius 2 is 1.94 bits per heavy atom. The number of rotatable bonds is 5. The van der Waals surface area contributed by atoms with Gasteiger partial charge in [-0.05, 0) is 37.6 Å². The molecule has 1 saturated heterocycles. The normalized spacial score (nSPS) is 22.1. The van der Waals surface area contributed by atoms with Gasteiger partial charge in [-0.15, -0.1) is 0 Å². The van der Waals surface area contributed by atoms with Crippen LogP contribution in [-0.4, -0.2) is 50.3 Å². The van der Waals surface area contributed by atoms with Crippen molar-refractivity contribution in [3.8, 4) is 0 Å². The largest absolute Gasteiger partial charge is 0.330 e. The Morgan fingerprint density at radius 1 is 1.28 bits per heavy atom. The summed E-state index contributed by atoms with van der Waals surface area (Å²) in [4.78, 5) is 0. The Balaban J connectivity index is 2.67. The van der Waals surface area contributed by atoms with Crippen LogP contribution < -0.4 is 5.73 Å². The molecule has 5 nitrogen and oxygen atoms in total. The summed E-state index contributed by atoms with van der Waals surface area (Å²) in [5, 5.41) is 0. The Hall–Kier alpha value is -0.170. The van der Waals surface area contributed by atoms with Gasteiger partial charge in [-0.2, -0.15) is 17.0 Å². The number of hydrogen-bond acceptors (Lipinski definition) is 3. The molecule has 2 N–H and O–H groups in total. The smallest absolute Gasteiger partial charge is 0.281 e. The van der Waals surface area contributed by atoms with Gasteiger partial charge in [-0.1, -0.05) is 13.8 Å². The zero-order valence-corrected chi connectivity index (χ0v) is 12.7. The van der Waals surface area contributed by atoms with Crippen LogP contribution in [0.5, 0.6) is 0 Å². The van der Waals surface area contributed by atoms with Crippen molar-refractivity contribution in [2.75, 3.05) is 33.2 Å². The maximum atomic E-state index is 12.4. The highest BCUT2D eigenvalue weighted by Gasteiger charge is 2.31. The van der Waals surface area contributed by atoms with Crippen molar-refractivity contribution >= 4 is 10.2 Å². The molecule has 1 aliphatic rings. The first-order chi connectivity index (χ1) is 8.29. The van der Waals surface area contributed by atoms with Crippen molar-refractivity contribution in [1.82, 2.24) is 8.61 Å². The van der Waals surface area contributed by atoms with E-state index in [1.807, 2.05) is 0 Å². The third-order valence-corrected chi connectivity index (χ3v) is 5.68. The molecule has 0 amide bonds. The average molecular weight is 277 g/mol. The van der Waals surface area contributed by atoms with Crippen molar-refractivity contribution < 1.29 is 8.42 Å². The second-order valence-corrected chi connectivity index (χ2v) is 7.92. The molecule has 0 aliphatic carbocycles. The van der Waals surface area contributed by atoms with Crippen LogP contribution in [0.25, 0.3) is 0 Å². The molecular weight excluding hydrogens is 250 g/mol. The minimum absolute atomic E-state index is 0.250. The summed E-state index contributed by atoms with van der Waals surface area (Å²) in [7, 11) is -1.66. The van der Waals surface area contributed by atoms with Crippen LogP contribution in [0.4, 0.5) is 0 Å². The van der Waals surface area contributed by atoms with Gasteiger partial charge in [0, 0.05) is 26.7 Å². The molecule has 1 fully saturated rings. The predicted molar refractivity (Wildman–Crippen MR) is 74.4 cm³/mol. The van der Waals surface area contributed by atoms with Crippen molar-refractivity contribution in [2.24, 2.45) is 11.1 Å². The summed E-state index contributed by atoms with van der Waals surface area (Å²) in [5.74, 6) is 0. The van der Waals surface area contributed by atoms with Crippen LogP contribution in [0.1, 0.15) is 39.5 Å². The average Bonchev–Trinajstić information content (AvgIpc) is 2.47. The fraction of sp³-hybridized carbons (Fsp3) is 1.00. The zero-order chi connectivity index (χ0) is 13.8. The van der Waals surface area contributed by atoms with E-state index in [1.54, 1.807) is 11.4 Å². The molecule has 1 heterocycles. The molecular formula is C12H27N3O2S. The maximum absolute atomic E-state index is 12.4. The monoisotopic (exact) mass is 277 g/mol. The lowest BCUT2D eigenvalue weighted by atomic mass is 9.85. The van der Waals surface area contributed by atoms with Crippen molar-refractivity contribution in [3.05, 3.63) is 0 Å². The van der Waals surface area contributed by atoms with Gasteiger partial charge in [-0.3, -0.25) is 0 Å². The third kappa shape index (κ3) is 4.19. The molecule has 1 aliphatic heterocycles. The summed E-state index contributed by atoms with van der Waals surface area (Å²) >= 11 is 0. The molecule has 0 saturated carbocycles. The van der Waals surface area contributed by atoms with Crippen LogP contribution in [-0.2, 0) is 10.2 Å². The summed E-state index contributed by atoms with van der Waals surface area (Å²) < 4.78 is 27.8. The Bertz CT molecular complexity index is 354. The molecule has 0 atom stereocenters. The summed E-state index contributed by atoms with van der Waals surface area (Å²) in [6.07, 6.45) is 3.66. The highest BCUT2D eigenvalue weighted by Crippen LogP contribution is 2.30. The molecule has 0 aromatic heterocycles. The molecule has 0 unspecified atom stereocenters. The van der Waals surface area contributed by atoms with E-state index < -0.39 is 10.2 Å². The highest BCUT2D eigenvalue weighted by molar-refractivity contribution is 7.86. The summed E-state index contributed by atoms with van der Waals surface area (Å²) in [6.45, 7) is 6.70. The molecule has 108 valence electrons. The first kappa shape index (κ1) is 15.9. The molecule has 6 heteroatoms. The Labute approximate surface area is 112 Å². The van der Waals surface area contributed by atoms with Crippen molar-refractivity contribution in [1.29, 1.82) is 0 Å². The zero-order valence-electron chi connectivity index (χ0n) is 11.9. The standard InChI is InChI=1S/C12H27N3O2S/c1-12(2)6-4-10-15(11-7-12)18(16,17)14(3)9-5-8-13/h4-11,13H2,1-3H3. The molecule has 0 aromatic carbocycles. The lowest BCUT2D eigenvalue weighted by molar-refractivity contribution is 0.309. The minimum atomic E-state index is -3.30. The molecule has 1 rings (SSSR count). The van der Waals surface area contributed by atoms with Gasteiger partial charge in [0.1, 0.15) is 0 Å². The van der Waals surface area contributed by atoms with Gasteiger partial charge in [0.05, 0.1) is 0 Å². The van der Waals surface area contributed by atoms with E-state index in [1.165, 1.54) is 4.31 Å². The van der Waals surface area contributed by atoms with Gasteiger partial charge in [0.15, 0.2) is 0 Å². The summed E-state index contributed by atoms with van der Waals surface area (Å²) in [5.41, 5.74) is 5.67. The Morgan fingerprint density at radius 3 is 2.56 bits per heavy atom. The molecule has 0 radical (unpaired) electrons. The van der Waals surface area contributed by atoms with Gasteiger partial charge < -0.3 is 5.73 Å². The van der Waals surface area contributed by atoms with Crippen molar-refractivity contribution in [3.63, 3.8) is 0 Å². The third-order valence-electron chi connectivity index (χ3n) is 3.70. The van der Waals surface area contributed by atoms with Crippen LogP contribution in [0.3, 0.4) is 0 Å². The van der Waals surface area contributed by atoms with E-state index >= 15 is 0 Å². The van der Waals surface area contributed by atoms with Crippen LogP contribution in [0, 0.1) is 5.41 Å². The predicted octanol–water partition coefficient (Wildman–Crippen LogP) is 1.02. The van der Waals surface area contributed by atoms with Crippen LogP contribution in [0.2, 0.25) is 0 Å². The van der Waals surface area contributed by atoms with E-state index in [4.69, 9.17) is 5.73 Å². The topological polar surface area (TPSA) is 66.6 Å². The molecule has 0 aromatic rings. The van der Waals surface area contributed by atoms with Gasteiger partial charge >= 0.3 is 0 Å². The first-order valence-electron chi connectivity index (χ1n) is 6.71. The first-order valence-corrected chi connectivity index (χ1v) is 8.11. The quantitative estimate of drug-likeness (QED) is 0.816. The number of nitrogens with two attached hydrogens (primary N) is 1. The molecule has 0 bridgehead atoms. The van der Waals surface area contributed by atoms with Crippen molar-refractivity contribution in [2.45, 2.75) is 39.5 Å². The van der Waals surface area contributed by atoms with E-state index in [9.17, 15) is 8.42 Å². The van der Waals surface area contributed by atoms with Gasteiger partial charge in [-0.25, -0.2) is 0 Å². The SMILES string of the molecule is CN(CCCN)S(=O)(=O)N1CCCC(C)(C)CC1. The minimum Gasteiger partial charge on any atom is -0.330 e. The maximum Gasteiger partial charge on any atom is 0.281 e. The number of hydrogen-bond donors (Lipinski definition) is 1. The second-order valence-electron chi connectivity index (χ2n) is 5.89. The van der Waals surface area contributed by atoms with E-state index in [0.29, 0.717) is 32.6 Å². The fourth-order valence-corrected chi connectivity index (χ4v) is 3.69. The highest BCUT2D eigenvalue weighted by atomic mass is 32.2. The van der Waals surface area contributed by atoms with E-state index in [0.717, 1.165) is 19.3 Å². The fourth-order valence-electron chi connectivity index (χ4n) is 2.26. The van der Waals surface area contributed by atoms with E-state index in [-0.39, 0.29) is 5.41 Å².